The van der Waals surface area contributed by atoms with Crippen molar-refractivity contribution in [3.05, 3.63) is 90.0 Å². The van der Waals surface area contributed by atoms with E-state index in [1.165, 1.54) is 6.07 Å². The summed E-state index contributed by atoms with van der Waals surface area (Å²) in [5, 5.41) is 16.8. The van der Waals surface area contributed by atoms with Crippen molar-refractivity contribution in [2.75, 3.05) is 67.5 Å². The molecule has 0 unspecified atom stereocenters. The van der Waals surface area contributed by atoms with E-state index in [1.54, 1.807) is 36.4 Å². The number of halogens is 1. The van der Waals surface area contributed by atoms with Crippen molar-refractivity contribution in [3.8, 4) is 22.8 Å². The van der Waals surface area contributed by atoms with Crippen molar-refractivity contribution in [1.29, 1.82) is 0 Å². The first-order chi connectivity index (χ1) is 27.1. The van der Waals surface area contributed by atoms with Gasteiger partial charge in [-0.15, -0.1) is 0 Å². The standard InChI is InChI=1S/C41H42FN9O5/c1-3-56-39-38(54)25(2)33(22-43-39)26-4-5-28-21-44-40(46-35(28)18-26)45-29-7-6-27(34(42)20-29)19-37(53)49-16-14-48(15-17-49)32-23-50(24-32)30-8-10-31(11-9-30)51-13-12-36(52)47-41(51)55/h4-11,18,20-22,32,54H,3,12-17,19,23-24H2,1-2H3,(H,44,45,46)(H,47,52,55). The Labute approximate surface area is 322 Å². The number of amides is 4. The zero-order chi connectivity index (χ0) is 38.9. The second-order valence-corrected chi connectivity index (χ2v) is 14.2. The maximum absolute atomic E-state index is 15.3. The number of rotatable bonds is 10. The Hall–Kier alpha value is -6.35. The number of anilines is 4. The number of carbonyl (C=O) groups is 3. The molecule has 3 aromatic carbocycles. The van der Waals surface area contributed by atoms with E-state index in [1.807, 2.05) is 54.3 Å². The Morgan fingerprint density at radius 3 is 2.46 bits per heavy atom. The molecule has 56 heavy (non-hydrogen) atoms. The van der Waals surface area contributed by atoms with Crippen LogP contribution in [0.3, 0.4) is 0 Å². The molecule has 14 nitrogen and oxygen atoms in total. The molecule has 4 amide bonds. The smallest absolute Gasteiger partial charge is 0.328 e. The molecule has 0 bridgehead atoms. The summed E-state index contributed by atoms with van der Waals surface area (Å²) < 4.78 is 20.7. The first-order valence-electron chi connectivity index (χ1n) is 18.8. The van der Waals surface area contributed by atoms with Crippen LogP contribution in [0.2, 0.25) is 0 Å². The van der Waals surface area contributed by atoms with Crippen LogP contribution in [0.15, 0.2) is 73.1 Å². The highest BCUT2D eigenvalue weighted by molar-refractivity contribution is 6.05. The SMILES string of the molecule is CCOc1ncc(-c2ccc3cnc(Nc4ccc(CC(=O)N5CCN(C6CN(c7ccc(N8CCC(=O)NC8=O)cc7)C6)CC5)c(F)c4)nc3c2)c(C)c1O. The number of hydrogen-bond donors (Lipinski definition) is 3. The molecule has 3 N–H and O–H groups in total. The minimum absolute atomic E-state index is 0.00398. The Morgan fingerprint density at radius 2 is 1.73 bits per heavy atom. The van der Waals surface area contributed by atoms with Gasteiger partial charge in [0.05, 0.1) is 18.5 Å². The fourth-order valence-corrected chi connectivity index (χ4v) is 7.41. The molecule has 3 aliphatic rings. The van der Waals surface area contributed by atoms with Gasteiger partial charge in [0.15, 0.2) is 5.75 Å². The normalized spacial score (nSPS) is 16.5. The average molecular weight is 760 g/mol. The number of benzene rings is 3. The number of ether oxygens (including phenoxy) is 1. The number of nitrogens with one attached hydrogen (secondary N) is 2. The highest BCUT2D eigenvalue weighted by atomic mass is 19.1. The number of urea groups is 1. The summed E-state index contributed by atoms with van der Waals surface area (Å²) in [7, 11) is 0. The van der Waals surface area contributed by atoms with E-state index in [-0.39, 0.29) is 42.2 Å². The van der Waals surface area contributed by atoms with E-state index in [0.29, 0.717) is 54.6 Å². The monoisotopic (exact) mass is 759 g/mol. The average Bonchev–Trinajstić information content (AvgIpc) is 3.18. The fourth-order valence-electron chi connectivity index (χ4n) is 7.41. The quantitative estimate of drug-likeness (QED) is 0.176. The lowest BCUT2D eigenvalue weighted by atomic mass is 10.0. The maximum atomic E-state index is 15.3. The van der Waals surface area contributed by atoms with Gasteiger partial charge in [0.1, 0.15) is 5.82 Å². The topological polar surface area (TPSA) is 156 Å². The summed E-state index contributed by atoms with van der Waals surface area (Å²) in [6.07, 6.45) is 3.60. The Kier molecular flexibility index (Phi) is 10.1. The van der Waals surface area contributed by atoms with Gasteiger partial charge >= 0.3 is 6.03 Å². The Balaban J connectivity index is 0.824. The second kappa shape index (κ2) is 15.4. The van der Waals surface area contributed by atoms with Crippen molar-refractivity contribution in [1.82, 2.24) is 30.1 Å². The summed E-state index contributed by atoms with van der Waals surface area (Å²) in [6, 6.07) is 18.2. The minimum Gasteiger partial charge on any atom is -0.503 e. The highest BCUT2D eigenvalue weighted by Crippen LogP contribution is 2.36. The third-order valence-electron chi connectivity index (χ3n) is 10.7. The molecule has 2 aromatic heterocycles. The van der Waals surface area contributed by atoms with E-state index in [9.17, 15) is 19.5 Å². The number of aromatic nitrogens is 3. The molecule has 0 atom stereocenters. The van der Waals surface area contributed by atoms with Crippen LogP contribution in [0.5, 0.6) is 11.6 Å². The van der Waals surface area contributed by atoms with Crippen LogP contribution in [0.1, 0.15) is 24.5 Å². The van der Waals surface area contributed by atoms with Crippen LogP contribution in [0.4, 0.5) is 32.2 Å². The van der Waals surface area contributed by atoms with E-state index in [2.05, 4.69) is 35.4 Å². The molecule has 0 radical (unpaired) electrons. The van der Waals surface area contributed by atoms with Crippen LogP contribution in [-0.2, 0) is 16.0 Å². The predicted molar refractivity (Wildman–Crippen MR) is 210 cm³/mol. The number of piperazine rings is 1. The van der Waals surface area contributed by atoms with Gasteiger partial charge in [-0.2, -0.15) is 0 Å². The van der Waals surface area contributed by atoms with Crippen LogP contribution < -0.4 is 25.2 Å². The third-order valence-corrected chi connectivity index (χ3v) is 10.7. The zero-order valence-electron chi connectivity index (χ0n) is 31.2. The summed E-state index contributed by atoms with van der Waals surface area (Å²) in [5.41, 5.74) is 5.46. The molecule has 8 rings (SSSR count). The van der Waals surface area contributed by atoms with E-state index in [4.69, 9.17) is 4.74 Å². The maximum Gasteiger partial charge on any atom is 0.328 e. The van der Waals surface area contributed by atoms with Gasteiger partial charge in [-0.25, -0.2) is 24.1 Å². The largest absolute Gasteiger partial charge is 0.503 e. The fraction of sp³-hybridized carbons (Fsp3) is 0.317. The summed E-state index contributed by atoms with van der Waals surface area (Å²) in [6.45, 7) is 8.81. The molecular weight excluding hydrogens is 718 g/mol. The van der Waals surface area contributed by atoms with Crippen LogP contribution in [-0.4, -0.2) is 106 Å². The molecule has 0 aliphatic carbocycles. The number of hydrogen-bond acceptors (Lipinski definition) is 11. The highest BCUT2D eigenvalue weighted by Gasteiger charge is 2.35. The van der Waals surface area contributed by atoms with Gasteiger partial charge in [0, 0.05) is 104 Å². The molecule has 0 spiro atoms. The molecule has 3 fully saturated rings. The number of imide groups is 1. The van der Waals surface area contributed by atoms with Gasteiger partial charge in [-0.1, -0.05) is 18.2 Å². The number of nitrogens with zero attached hydrogens (tertiary/aromatic N) is 7. The van der Waals surface area contributed by atoms with Crippen molar-refractivity contribution in [3.63, 3.8) is 0 Å². The molecule has 15 heteroatoms. The van der Waals surface area contributed by atoms with Crippen LogP contribution >= 0.6 is 0 Å². The molecule has 5 heterocycles. The lowest BCUT2D eigenvalue weighted by Gasteiger charge is -2.49. The zero-order valence-corrected chi connectivity index (χ0v) is 31.2. The summed E-state index contributed by atoms with van der Waals surface area (Å²) >= 11 is 0. The van der Waals surface area contributed by atoms with Gasteiger partial charge < -0.3 is 25.0 Å². The Bertz CT molecular complexity index is 2310. The van der Waals surface area contributed by atoms with Crippen LogP contribution in [0, 0.1) is 12.7 Å². The first kappa shape index (κ1) is 36.6. The molecular formula is C41H42FN9O5. The molecule has 288 valence electrons. The third kappa shape index (κ3) is 7.49. The van der Waals surface area contributed by atoms with Crippen molar-refractivity contribution < 1.29 is 28.6 Å². The summed E-state index contributed by atoms with van der Waals surface area (Å²) in [5.74, 6) is -0.369. The number of fused-ring (bicyclic) bond motifs is 1. The van der Waals surface area contributed by atoms with Crippen molar-refractivity contribution in [2.24, 2.45) is 0 Å². The van der Waals surface area contributed by atoms with Gasteiger partial charge in [-0.05, 0) is 67.4 Å². The Morgan fingerprint density at radius 1 is 0.964 bits per heavy atom. The van der Waals surface area contributed by atoms with E-state index in [0.717, 1.165) is 54.1 Å². The van der Waals surface area contributed by atoms with Gasteiger partial charge in [-0.3, -0.25) is 24.7 Å². The molecule has 3 saturated heterocycles. The first-order valence-corrected chi connectivity index (χ1v) is 18.8. The lowest BCUT2D eigenvalue weighted by molar-refractivity contribution is -0.132. The van der Waals surface area contributed by atoms with Crippen molar-refractivity contribution >= 4 is 51.8 Å². The summed E-state index contributed by atoms with van der Waals surface area (Å²) in [4.78, 5) is 58.3. The van der Waals surface area contributed by atoms with Gasteiger partial charge in [0.2, 0.25) is 17.8 Å². The van der Waals surface area contributed by atoms with E-state index < -0.39 is 11.8 Å². The van der Waals surface area contributed by atoms with Crippen molar-refractivity contribution in [2.45, 2.75) is 32.7 Å². The predicted octanol–water partition coefficient (Wildman–Crippen LogP) is 5.01. The second-order valence-electron chi connectivity index (χ2n) is 14.2. The van der Waals surface area contributed by atoms with Gasteiger partial charge in [0.25, 0.3) is 5.88 Å². The lowest BCUT2D eigenvalue weighted by Crippen LogP contribution is -2.63. The minimum atomic E-state index is -0.486. The number of carbonyl (C=O) groups excluding carboxylic acids is 3. The van der Waals surface area contributed by atoms with E-state index >= 15 is 4.39 Å². The molecule has 3 aliphatic heterocycles. The molecule has 5 aromatic rings. The number of pyridine rings is 1. The van der Waals surface area contributed by atoms with Crippen LogP contribution in [0.25, 0.3) is 22.0 Å². The molecule has 0 saturated carbocycles. The number of aromatic hydroxyl groups is 1.